The lowest BCUT2D eigenvalue weighted by Gasteiger charge is -2.09. The van der Waals surface area contributed by atoms with Crippen molar-refractivity contribution in [2.75, 3.05) is 13.2 Å². The van der Waals surface area contributed by atoms with Gasteiger partial charge in [-0.05, 0) is 36.1 Å². The van der Waals surface area contributed by atoms with E-state index in [2.05, 4.69) is 29.6 Å². The molecule has 164 valence electrons. The van der Waals surface area contributed by atoms with Crippen LogP contribution in [0.3, 0.4) is 0 Å². The van der Waals surface area contributed by atoms with Gasteiger partial charge in [-0.3, -0.25) is 4.79 Å². The van der Waals surface area contributed by atoms with E-state index in [1.54, 1.807) is 0 Å². The third-order valence-electron chi connectivity index (χ3n) is 3.71. The van der Waals surface area contributed by atoms with Gasteiger partial charge in [0.05, 0.1) is 13.0 Å². The van der Waals surface area contributed by atoms with Crippen molar-refractivity contribution in [1.82, 2.24) is 5.32 Å². The second kappa shape index (κ2) is 13.2. The lowest BCUT2D eigenvalue weighted by atomic mass is 10.1. The molecule has 0 saturated carbocycles. The fourth-order valence-corrected chi connectivity index (χ4v) is 2.28. The first-order chi connectivity index (χ1) is 14.2. The average molecular weight is 427 g/mol. The standard InChI is InChI=1S/C19H23NO3.C2HF3O2/c21-19(22)11-12-20-15-17-8-4-10-18(14-17)23-13-5-9-16-6-2-1-3-7-16;3-2(4,5)1(6)7/h1-4,6-8,10,14,20H,5,9,11-13,15H2,(H,21,22);(H,6,7). The minimum atomic E-state index is -5.08. The number of aryl methyl sites for hydroxylation is 1. The number of rotatable bonds is 10. The molecule has 2 aromatic rings. The minimum Gasteiger partial charge on any atom is -0.494 e. The predicted molar refractivity (Wildman–Crippen MR) is 104 cm³/mol. The molecule has 0 aliphatic heterocycles. The Morgan fingerprint density at radius 2 is 1.60 bits per heavy atom. The summed E-state index contributed by atoms with van der Waals surface area (Å²) in [4.78, 5) is 19.3. The Labute approximate surface area is 172 Å². The smallest absolute Gasteiger partial charge is 0.490 e. The van der Waals surface area contributed by atoms with Crippen molar-refractivity contribution in [3.8, 4) is 5.75 Å². The summed E-state index contributed by atoms with van der Waals surface area (Å²) < 4.78 is 37.5. The second-order valence-electron chi connectivity index (χ2n) is 6.21. The van der Waals surface area contributed by atoms with E-state index in [9.17, 15) is 18.0 Å². The van der Waals surface area contributed by atoms with Crippen LogP contribution in [0.4, 0.5) is 13.2 Å². The maximum Gasteiger partial charge on any atom is 0.490 e. The average Bonchev–Trinajstić information content (AvgIpc) is 2.69. The Kier molecular flexibility index (Phi) is 11.0. The molecule has 0 heterocycles. The van der Waals surface area contributed by atoms with Gasteiger partial charge in [-0.25, -0.2) is 4.79 Å². The van der Waals surface area contributed by atoms with Crippen molar-refractivity contribution < 1.29 is 37.7 Å². The Balaban J connectivity index is 0.000000553. The number of benzene rings is 2. The fourth-order valence-electron chi connectivity index (χ4n) is 2.28. The summed E-state index contributed by atoms with van der Waals surface area (Å²) in [6, 6.07) is 18.3. The molecule has 9 heteroatoms. The molecule has 0 aliphatic carbocycles. The number of carboxylic acid groups (broad SMARTS) is 2. The van der Waals surface area contributed by atoms with E-state index in [0.717, 1.165) is 24.2 Å². The second-order valence-corrected chi connectivity index (χ2v) is 6.21. The van der Waals surface area contributed by atoms with E-state index < -0.39 is 18.1 Å². The number of nitrogens with one attached hydrogen (secondary N) is 1. The van der Waals surface area contributed by atoms with E-state index in [4.69, 9.17) is 19.7 Å². The molecule has 0 radical (unpaired) electrons. The summed E-state index contributed by atoms with van der Waals surface area (Å²) in [5.41, 5.74) is 2.42. The first-order valence-corrected chi connectivity index (χ1v) is 9.17. The molecule has 3 N–H and O–H groups in total. The van der Waals surface area contributed by atoms with Crippen LogP contribution < -0.4 is 10.1 Å². The van der Waals surface area contributed by atoms with Crippen molar-refractivity contribution in [3.05, 3.63) is 65.7 Å². The third kappa shape index (κ3) is 11.7. The van der Waals surface area contributed by atoms with E-state index in [1.807, 2.05) is 30.3 Å². The fraction of sp³-hybridized carbons (Fsp3) is 0.333. The number of hydrogen-bond donors (Lipinski definition) is 3. The Hall–Kier alpha value is -3.07. The van der Waals surface area contributed by atoms with Crippen LogP contribution in [0.15, 0.2) is 54.6 Å². The van der Waals surface area contributed by atoms with E-state index in [-0.39, 0.29) is 6.42 Å². The summed E-state index contributed by atoms with van der Waals surface area (Å²) in [7, 11) is 0. The van der Waals surface area contributed by atoms with Gasteiger partial charge >= 0.3 is 18.1 Å². The first kappa shape index (κ1) is 25.0. The Bertz CT molecular complexity index is 782. The normalized spacial score (nSPS) is 10.6. The summed E-state index contributed by atoms with van der Waals surface area (Å²) in [6.07, 6.45) is -2.96. The molecule has 0 fully saturated rings. The number of hydrogen-bond acceptors (Lipinski definition) is 4. The number of halogens is 3. The van der Waals surface area contributed by atoms with Crippen molar-refractivity contribution in [1.29, 1.82) is 0 Å². The molecule has 30 heavy (non-hydrogen) atoms. The zero-order chi connectivity index (χ0) is 22.4. The predicted octanol–water partition coefficient (Wildman–Crippen LogP) is 3.90. The summed E-state index contributed by atoms with van der Waals surface area (Å²) >= 11 is 0. The lowest BCUT2D eigenvalue weighted by molar-refractivity contribution is -0.192. The van der Waals surface area contributed by atoms with Crippen LogP contribution in [0.2, 0.25) is 0 Å². The van der Waals surface area contributed by atoms with Crippen LogP contribution in [0.25, 0.3) is 0 Å². The van der Waals surface area contributed by atoms with Crippen molar-refractivity contribution >= 4 is 11.9 Å². The van der Waals surface area contributed by atoms with Crippen LogP contribution in [-0.2, 0) is 22.6 Å². The molecular weight excluding hydrogens is 403 g/mol. The molecule has 0 unspecified atom stereocenters. The van der Waals surface area contributed by atoms with Gasteiger partial charge in [-0.15, -0.1) is 0 Å². The molecule has 0 aliphatic rings. The van der Waals surface area contributed by atoms with Gasteiger partial charge in [0.25, 0.3) is 0 Å². The van der Waals surface area contributed by atoms with Gasteiger partial charge in [-0.1, -0.05) is 42.5 Å². The van der Waals surface area contributed by atoms with E-state index in [0.29, 0.717) is 19.7 Å². The van der Waals surface area contributed by atoms with Crippen LogP contribution in [-0.4, -0.2) is 41.5 Å². The molecule has 2 rings (SSSR count). The highest BCUT2D eigenvalue weighted by atomic mass is 19.4. The van der Waals surface area contributed by atoms with Crippen LogP contribution >= 0.6 is 0 Å². The van der Waals surface area contributed by atoms with E-state index >= 15 is 0 Å². The molecule has 0 saturated heterocycles. The maximum absolute atomic E-state index is 10.6. The maximum atomic E-state index is 10.6. The van der Waals surface area contributed by atoms with Crippen LogP contribution in [0, 0.1) is 0 Å². The monoisotopic (exact) mass is 427 g/mol. The number of carboxylic acids is 2. The largest absolute Gasteiger partial charge is 0.494 e. The molecule has 2 aromatic carbocycles. The Morgan fingerprint density at radius 3 is 2.20 bits per heavy atom. The highest BCUT2D eigenvalue weighted by Crippen LogP contribution is 2.14. The van der Waals surface area contributed by atoms with Crippen molar-refractivity contribution in [3.63, 3.8) is 0 Å². The van der Waals surface area contributed by atoms with Crippen LogP contribution in [0.1, 0.15) is 24.0 Å². The van der Waals surface area contributed by atoms with Gasteiger partial charge in [0.2, 0.25) is 0 Å². The SMILES string of the molecule is O=C(O)C(F)(F)F.O=C(O)CCNCc1cccc(OCCCc2ccccc2)c1. The topological polar surface area (TPSA) is 95.9 Å². The van der Waals surface area contributed by atoms with Gasteiger partial charge < -0.3 is 20.3 Å². The molecule has 0 aromatic heterocycles. The minimum absolute atomic E-state index is 0.135. The lowest BCUT2D eigenvalue weighted by Crippen LogP contribution is -2.21. The zero-order valence-corrected chi connectivity index (χ0v) is 16.2. The van der Waals surface area contributed by atoms with Gasteiger partial charge in [0, 0.05) is 13.1 Å². The highest BCUT2D eigenvalue weighted by molar-refractivity contribution is 5.73. The number of carbonyl (C=O) groups is 2. The molecule has 0 bridgehead atoms. The Morgan fingerprint density at radius 1 is 0.967 bits per heavy atom. The molecular formula is C21H24F3NO5. The van der Waals surface area contributed by atoms with E-state index in [1.165, 1.54) is 5.56 Å². The zero-order valence-electron chi connectivity index (χ0n) is 16.2. The summed E-state index contributed by atoms with van der Waals surface area (Å²) in [5.74, 6) is -2.68. The highest BCUT2D eigenvalue weighted by Gasteiger charge is 2.38. The summed E-state index contributed by atoms with van der Waals surface area (Å²) in [6.45, 7) is 1.80. The first-order valence-electron chi connectivity index (χ1n) is 9.17. The number of aliphatic carboxylic acids is 2. The third-order valence-corrected chi connectivity index (χ3v) is 3.71. The quantitative estimate of drug-likeness (QED) is 0.498. The van der Waals surface area contributed by atoms with Crippen molar-refractivity contribution in [2.24, 2.45) is 0 Å². The number of alkyl halides is 3. The molecule has 0 spiro atoms. The van der Waals surface area contributed by atoms with Crippen LogP contribution in [0.5, 0.6) is 5.75 Å². The van der Waals surface area contributed by atoms with Gasteiger partial charge in [-0.2, -0.15) is 13.2 Å². The van der Waals surface area contributed by atoms with Gasteiger partial charge in [0.15, 0.2) is 0 Å². The molecule has 6 nitrogen and oxygen atoms in total. The van der Waals surface area contributed by atoms with Crippen molar-refractivity contribution in [2.45, 2.75) is 32.0 Å². The summed E-state index contributed by atoms with van der Waals surface area (Å²) in [5, 5.41) is 18.8. The molecule has 0 amide bonds. The molecule has 0 atom stereocenters. The number of ether oxygens (including phenoxy) is 1. The van der Waals surface area contributed by atoms with Gasteiger partial charge in [0.1, 0.15) is 5.75 Å².